The van der Waals surface area contributed by atoms with Gasteiger partial charge in [-0.05, 0) is 49.6 Å². The van der Waals surface area contributed by atoms with Gasteiger partial charge in [-0.2, -0.15) is 0 Å². The van der Waals surface area contributed by atoms with Crippen LogP contribution in [0.3, 0.4) is 0 Å². The Kier molecular flexibility index (Phi) is 9.85. The molecule has 1 N–H and O–H groups in total. The first kappa shape index (κ1) is 24.4. The maximum atomic E-state index is 13.8. The van der Waals surface area contributed by atoms with Gasteiger partial charge >= 0.3 is 0 Å². The summed E-state index contributed by atoms with van der Waals surface area (Å²) < 4.78 is 14.7. The van der Waals surface area contributed by atoms with Crippen molar-refractivity contribution in [1.82, 2.24) is 10.2 Å². The third kappa shape index (κ3) is 7.43. The molecule has 2 rings (SSSR count). The zero-order valence-electron chi connectivity index (χ0n) is 17.5. The summed E-state index contributed by atoms with van der Waals surface area (Å²) in [5, 5.41) is 2.95. The van der Waals surface area contributed by atoms with E-state index in [-0.39, 0.29) is 29.4 Å². The molecule has 0 heterocycles. The van der Waals surface area contributed by atoms with Crippen molar-refractivity contribution < 1.29 is 14.0 Å². The summed E-state index contributed by atoms with van der Waals surface area (Å²) in [5.74, 6) is -0.0282. The average molecular weight is 495 g/mol. The van der Waals surface area contributed by atoms with Gasteiger partial charge in [-0.1, -0.05) is 53.2 Å². The first-order valence-corrected chi connectivity index (χ1v) is 11.9. The van der Waals surface area contributed by atoms with E-state index in [1.165, 1.54) is 17.8 Å². The van der Waals surface area contributed by atoms with E-state index in [9.17, 15) is 14.0 Å². The fraction of sp³-hybridized carbons (Fsp3) is 0.391. The summed E-state index contributed by atoms with van der Waals surface area (Å²) >= 11 is 4.80. The van der Waals surface area contributed by atoms with Gasteiger partial charge in [-0.3, -0.25) is 9.59 Å². The molecular weight excluding hydrogens is 467 g/mol. The van der Waals surface area contributed by atoms with E-state index in [0.29, 0.717) is 17.9 Å². The molecule has 0 aromatic heterocycles. The number of nitrogens with one attached hydrogen (secondary N) is 1. The summed E-state index contributed by atoms with van der Waals surface area (Å²) in [7, 11) is 0. The lowest BCUT2D eigenvalue weighted by atomic mass is 10.1. The Balaban J connectivity index is 2.09. The highest BCUT2D eigenvalue weighted by atomic mass is 79.9. The summed E-state index contributed by atoms with van der Waals surface area (Å²) in [6.07, 6.45) is 0.816. The van der Waals surface area contributed by atoms with Crippen LogP contribution in [0.25, 0.3) is 0 Å². The number of rotatable bonds is 10. The molecule has 30 heavy (non-hydrogen) atoms. The second-order valence-electron chi connectivity index (χ2n) is 7.23. The van der Waals surface area contributed by atoms with Crippen molar-refractivity contribution in [3.8, 4) is 0 Å². The average Bonchev–Trinajstić information content (AvgIpc) is 2.72. The fourth-order valence-electron chi connectivity index (χ4n) is 2.83. The van der Waals surface area contributed by atoms with Crippen molar-refractivity contribution in [3.63, 3.8) is 0 Å². The Morgan fingerprint density at radius 3 is 2.57 bits per heavy atom. The molecule has 2 atom stereocenters. The monoisotopic (exact) mass is 494 g/mol. The van der Waals surface area contributed by atoms with Crippen LogP contribution in [0.2, 0.25) is 0 Å². The van der Waals surface area contributed by atoms with Crippen molar-refractivity contribution >= 4 is 39.5 Å². The van der Waals surface area contributed by atoms with Gasteiger partial charge in [0.1, 0.15) is 11.9 Å². The molecule has 0 saturated heterocycles. The molecule has 0 aliphatic heterocycles. The van der Waals surface area contributed by atoms with Crippen LogP contribution in [0.1, 0.15) is 38.3 Å². The van der Waals surface area contributed by atoms with E-state index in [1.54, 1.807) is 30.0 Å². The molecule has 2 amide bonds. The maximum absolute atomic E-state index is 13.8. The number of carbonyl (C=O) groups is 2. The van der Waals surface area contributed by atoms with Crippen molar-refractivity contribution in [2.24, 2.45) is 0 Å². The lowest BCUT2D eigenvalue weighted by molar-refractivity contribution is -0.138. The highest BCUT2D eigenvalue weighted by Crippen LogP contribution is 2.19. The predicted molar refractivity (Wildman–Crippen MR) is 125 cm³/mol. The molecule has 2 aromatic carbocycles. The van der Waals surface area contributed by atoms with E-state index in [0.717, 1.165) is 16.5 Å². The number of halogens is 2. The van der Waals surface area contributed by atoms with E-state index in [1.807, 2.05) is 38.1 Å². The van der Waals surface area contributed by atoms with Gasteiger partial charge in [0.25, 0.3) is 0 Å². The van der Waals surface area contributed by atoms with Crippen LogP contribution in [0.15, 0.2) is 53.0 Å². The van der Waals surface area contributed by atoms with Crippen LogP contribution >= 0.6 is 27.7 Å². The molecule has 0 bridgehead atoms. The normalized spacial score (nSPS) is 12.8. The van der Waals surface area contributed by atoms with E-state index in [4.69, 9.17) is 0 Å². The number of benzene rings is 2. The number of thioether (sulfide) groups is 1. The molecule has 0 aliphatic carbocycles. The quantitative estimate of drug-likeness (QED) is 0.496. The van der Waals surface area contributed by atoms with Crippen LogP contribution in [0.4, 0.5) is 4.39 Å². The third-order valence-electron chi connectivity index (χ3n) is 4.85. The Bertz CT molecular complexity index is 865. The minimum atomic E-state index is -0.612. The molecular formula is C23H28BrFN2O2S. The van der Waals surface area contributed by atoms with Gasteiger partial charge in [-0.15, -0.1) is 11.8 Å². The minimum absolute atomic E-state index is 0.0400. The van der Waals surface area contributed by atoms with Crippen molar-refractivity contribution in [2.45, 2.75) is 51.6 Å². The zero-order chi connectivity index (χ0) is 22.1. The van der Waals surface area contributed by atoms with Crippen LogP contribution < -0.4 is 5.32 Å². The van der Waals surface area contributed by atoms with E-state index < -0.39 is 6.04 Å². The highest BCUT2D eigenvalue weighted by Gasteiger charge is 2.26. The third-order valence-corrected chi connectivity index (χ3v) is 6.31. The lowest BCUT2D eigenvalue weighted by Crippen LogP contribution is -2.50. The molecule has 2 aromatic rings. The molecule has 7 heteroatoms. The van der Waals surface area contributed by atoms with Crippen LogP contribution in [-0.4, -0.2) is 34.6 Å². The first-order valence-electron chi connectivity index (χ1n) is 9.97. The topological polar surface area (TPSA) is 49.4 Å². The molecule has 4 nitrogen and oxygen atoms in total. The number of nitrogens with zero attached hydrogens (tertiary/aromatic N) is 1. The zero-order valence-corrected chi connectivity index (χ0v) is 19.9. The molecule has 0 saturated carbocycles. The molecule has 0 radical (unpaired) electrons. The Labute approximate surface area is 190 Å². The SMILES string of the molecule is CCC(C)NC(=O)C(C)N(Cc1cccc(Br)c1)C(=O)CSCc1ccccc1F. The van der Waals surface area contributed by atoms with Gasteiger partial charge in [-0.25, -0.2) is 4.39 Å². The van der Waals surface area contributed by atoms with Crippen molar-refractivity contribution in [1.29, 1.82) is 0 Å². The first-order chi connectivity index (χ1) is 14.3. The number of hydrogen-bond donors (Lipinski definition) is 1. The van der Waals surface area contributed by atoms with Gasteiger partial charge in [0.05, 0.1) is 5.75 Å². The van der Waals surface area contributed by atoms with Gasteiger partial charge < -0.3 is 10.2 Å². The van der Waals surface area contributed by atoms with Gasteiger partial charge in [0, 0.05) is 22.8 Å². The predicted octanol–water partition coefficient (Wildman–Crippen LogP) is 5.15. The summed E-state index contributed by atoms with van der Waals surface area (Å²) in [6, 6.07) is 13.7. The van der Waals surface area contributed by atoms with Crippen molar-refractivity contribution in [3.05, 3.63) is 69.9 Å². The minimum Gasteiger partial charge on any atom is -0.352 e. The fourth-order valence-corrected chi connectivity index (χ4v) is 4.17. The highest BCUT2D eigenvalue weighted by molar-refractivity contribution is 9.10. The maximum Gasteiger partial charge on any atom is 0.242 e. The number of carbonyl (C=O) groups excluding carboxylic acids is 2. The molecule has 162 valence electrons. The van der Waals surface area contributed by atoms with Crippen LogP contribution in [0, 0.1) is 5.82 Å². The molecule has 0 fully saturated rings. The van der Waals surface area contributed by atoms with Crippen LogP contribution in [0.5, 0.6) is 0 Å². The van der Waals surface area contributed by atoms with Crippen molar-refractivity contribution in [2.75, 3.05) is 5.75 Å². The van der Waals surface area contributed by atoms with Gasteiger partial charge in [0.15, 0.2) is 0 Å². The smallest absolute Gasteiger partial charge is 0.242 e. The number of hydrogen-bond acceptors (Lipinski definition) is 3. The second kappa shape index (κ2) is 12.1. The Morgan fingerprint density at radius 2 is 1.90 bits per heavy atom. The Morgan fingerprint density at radius 1 is 1.17 bits per heavy atom. The number of amides is 2. The summed E-state index contributed by atoms with van der Waals surface area (Å²) in [4.78, 5) is 27.3. The van der Waals surface area contributed by atoms with E-state index in [2.05, 4.69) is 21.2 Å². The summed E-state index contributed by atoms with van der Waals surface area (Å²) in [6.45, 7) is 6.01. The summed E-state index contributed by atoms with van der Waals surface area (Å²) in [5.41, 5.74) is 1.50. The lowest BCUT2D eigenvalue weighted by Gasteiger charge is -2.29. The molecule has 2 unspecified atom stereocenters. The molecule has 0 aliphatic rings. The largest absolute Gasteiger partial charge is 0.352 e. The van der Waals surface area contributed by atoms with Gasteiger partial charge in [0.2, 0.25) is 11.8 Å². The standard InChI is InChI=1S/C23H28BrFN2O2S/c1-4-16(2)26-23(29)17(3)27(13-18-8-7-10-20(24)12-18)22(28)15-30-14-19-9-5-6-11-21(19)25/h5-12,16-17H,4,13-15H2,1-3H3,(H,26,29). The van der Waals surface area contributed by atoms with E-state index >= 15 is 0 Å². The van der Waals surface area contributed by atoms with Crippen LogP contribution in [-0.2, 0) is 21.9 Å². The second-order valence-corrected chi connectivity index (χ2v) is 9.13. The Hall–Kier alpha value is -1.86. The molecule has 0 spiro atoms.